The maximum Gasteiger partial charge on any atom is 0.327 e. The second-order valence-electron chi connectivity index (χ2n) is 3.50. The topological polar surface area (TPSA) is 66.4 Å². The van der Waals surface area contributed by atoms with Crippen LogP contribution >= 0.6 is 12.6 Å². The van der Waals surface area contributed by atoms with E-state index in [1.54, 1.807) is 13.0 Å². The summed E-state index contributed by atoms with van der Waals surface area (Å²) in [5, 5.41) is 11.1. The van der Waals surface area contributed by atoms with Crippen LogP contribution in [0.1, 0.15) is 20.8 Å². The third-order valence-corrected chi connectivity index (χ3v) is 2.03. The highest BCUT2D eigenvalue weighted by Crippen LogP contribution is 2.22. The number of thiol groups is 1. The van der Waals surface area contributed by atoms with Crippen LogP contribution in [0, 0.1) is 0 Å². The van der Waals surface area contributed by atoms with Gasteiger partial charge in [-0.15, -0.1) is 0 Å². The first-order valence-electron chi connectivity index (χ1n) is 4.12. The van der Waals surface area contributed by atoms with Gasteiger partial charge in [-0.25, -0.2) is 4.79 Å². The van der Waals surface area contributed by atoms with E-state index >= 15 is 0 Å². The molecule has 0 saturated carbocycles. The minimum Gasteiger partial charge on any atom is -0.480 e. The normalized spacial score (nSPS) is 16.3. The summed E-state index contributed by atoms with van der Waals surface area (Å²) in [5.74, 6) is -1.10. The molecule has 0 saturated heterocycles. The molecule has 2 unspecified atom stereocenters. The van der Waals surface area contributed by atoms with E-state index in [9.17, 15) is 9.59 Å². The molecule has 4 nitrogen and oxygen atoms in total. The van der Waals surface area contributed by atoms with Gasteiger partial charge in [-0.2, -0.15) is 12.6 Å². The van der Waals surface area contributed by atoms with Crippen molar-refractivity contribution < 1.29 is 14.7 Å². The number of hydrogen-bond acceptors (Lipinski definition) is 3. The van der Waals surface area contributed by atoms with Gasteiger partial charge in [0.2, 0.25) is 6.41 Å². The zero-order valence-corrected chi connectivity index (χ0v) is 9.34. The predicted octanol–water partition coefficient (Wildman–Crippen LogP) is 0.840. The highest BCUT2D eigenvalue weighted by molar-refractivity contribution is 7.82. The number of carboxylic acid groups (broad SMARTS) is 1. The SMILES string of the molecule is CC(C)=CC(C)(S)C(NC=O)C(=O)O. The second kappa shape index (κ2) is 5.05. The third-order valence-electron chi connectivity index (χ3n) is 1.65. The minimum absolute atomic E-state index is 0.367. The van der Waals surface area contributed by atoms with E-state index in [0.717, 1.165) is 5.57 Å². The van der Waals surface area contributed by atoms with Crippen molar-refractivity contribution in [3.05, 3.63) is 11.6 Å². The summed E-state index contributed by atoms with van der Waals surface area (Å²) >= 11 is 4.22. The maximum atomic E-state index is 10.8. The van der Waals surface area contributed by atoms with Crippen LogP contribution in [0.4, 0.5) is 0 Å². The van der Waals surface area contributed by atoms with Gasteiger partial charge in [-0.05, 0) is 20.8 Å². The Morgan fingerprint density at radius 1 is 1.57 bits per heavy atom. The number of allylic oxidation sites excluding steroid dienone is 1. The lowest BCUT2D eigenvalue weighted by atomic mass is 9.98. The van der Waals surface area contributed by atoms with Gasteiger partial charge in [0.1, 0.15) is 6.04 Å². The lowest BCUT2D eigenvalue weighted by Crippen LogP contribution is -2.49. The molecule has 0 spiro atoms. The second-order valence-corrected chi connectivity index (χ2v) is 4.47. The molecule has 0 aromatic carbocycles. The average molecular weight is 217 g/mol. The fraction of sp³-hybridized carbons (Fsp3) is 0.556. The summed E-state index contributed by atoms with van der Waals surface area (Å²) in [6, 6.07) is -1.03. The molecular weight excluding hydrogens is 202 g/mol. The Hall–Kier alpha value is -0.970. The van der Waals surface area contributed by atoms with Gasteiger partial charge < -0.3 is 10.4 Å². The van der Waals surface area contributed by atoms with Crippen molar-refractivity contribution in [2.75, 3.05) is 0 Å². The van der Waals surface area contributed by atoms with Crippen LogP contribution < -0.4 is 5.32 Å². The fourth-order valence-electron chi connectivity index (χ4n) is 1.23. The zero-order valence-electron chi connectivity index (χ0n) is 8.44. The number of carbonyl (C=O) groups is 2. The summed E-state index contributed by atoms with van der Waals surface area (Å²) in [7, 11) is 0. The van der Waals surface area contributed by atoms with E-state index in [1.807, 2.05) is 13.8 Å². The molecule has 2 N–H and O–H groups in total. The van der Waals surface area contributed by atoms with E-state index < -0.39 is 16.8 Å². The van der Waals surface area contributed by atoms with Gasteiger partial charge in [-0.1, -0.05) is 11.6 Å². The summed E-state index contributed by atoms with van der Waals surface area (Å²) in [5.41, 5.74) is 0.946. The van der Waals surface area contributed by atoms with Crippen molar-refractivity contribution in [3.8, 4) is 0 Å². The number of aliphatic carboxylic acids is 1. The molecule has 1 amide bonds. The molecule has 0 rings (SSSR count). The van der Waals surface area contributed by atoms with Crippen LogP contribution in [-0.2, 0) is 9.59 Å². The van der Waals surface area contributed by atoms with E-state index in [2.05, 4.69) is 17.9 Å². The molecule has 80 valence electrons. The van der Waals surface area contributed by atoms with Gasteiger partial charge in [0.15, 0.2) is 0 Å². The van der Waals surface area contributed by atoms with Crippen LogP contribution in [0.15, 0.2) is 11.6 Å². The Morgan fingerprint density at radius 3 is 2.36 bits per heavy atom. The van der Waals surface area contributed by atoms with E-state index in [0.29, 0.717) is 6.41 Å². The first kappa shape index (κ1) is 13.0. The first-order chi connectivity index (χ1) is 6.31. The van der Waals surface area contributed by atoms with Crippen LogP contribution in [0.2, 0.25) is 0 Å². The Bertz CT molecular complexity index is 257. The van der Waals surface area contributed by atoms with Crippen LogP contribution in [-0.4, -0.2) is 28.3 Å². The molecular formula is C9H15NO3S. The zero-order chi connectivity index (χ0) is 11.4. The fourth-order valence-corrected chi connectivity index (χ4v) is 1.67. The Morgan fingerprint density at radius 2 is 2.07 bits per heavy atom. The number of carbonyl (C=O) groups excluding carboxylic acids is 1. The molecule has 14 heavy (non-hydrogen) atoms. The van der Waals surface area contributed by atoms with Gasteiger partial charge in [0.25, 0.3) is 0 Å². The van der Waals surface area contributed by atoms with Crippen LogP contribution in [0.5, 0.6) is 0 Å². The van der Waals surface area contributed by atoms with Crippen molar-refractivity contribution in [1.82, 2.24) is 5.32 Å². The number of rotatable bonds is 5. The third kappa shape index (κ3) is 3.83. The summed E-state index contributed by atoms with van der Waals surface area (Å²) < 4.78 is -0.897. The Labute approximate surface area is 88.8 Å². The molecule has 2 atom stereocenters. The lowest BCUT2D eigenvalue weighted by molar-refractivity contribution is -0.141. The monoisotopic (exact) mass is 217 g/mol. The van der Waals surface area contributed by atoms with Gasteiger partial charge in [0, 0.05) is 0 Å². The molecule has 0 bridgehead atoms. The lowest BCUT2D eigenvalue weighted by Gasteiger charge is -2.27. The number of hydrogen-bond donors (Lipinski definition) is 3. The van der Waals surface area contributed by atoms with E-state index in [4.69, 9.17) is 5.11 Å². The quantitative estimate of drug-likeness (QED) is 0.363. The highest BCUT2D eigenvalue weighted by atomic mass is 32.1. The number of amides is 1. The number of carboxylic acids is 1. The van der Waals surface area contributed by atoms with Crippen molar-refractivity contribution in [2.45, 2.75) is 31.6 Å². The van der Waals surface area contributed by atoms with Crippen molar-refractivity contribution >= 4 is 25.0 Å². The molecule has 0 aromatic rings. The Kier molecular flexibility index (Phi) is 4.70. The van der Waals surface area contributed by atoms with E-state index in [1.165, 1.54) is 0 Å². The highest BCUT2D eigenvalue weighted by Gasteiger charge is 2.34. The van der Waals surface area contributed by atoms with Crippen molar-refractivity contribution in [3.63, 3.8) is 0 Å². The molecule has 0 aliphatic carbocycles. The molecule has 0 heterocycles. The van der Waals surface area contributed by atoms with Crippen LogP contribution in [0.25, 0.3) is 0 Å². The van der Waals surface area contributed by atoms with Gasteiger partial charge >= 0.3 is 5.97 Å². The Balaban J connectivity index is 4.88. The number of nitrogens with one attached hydrogen (secondary N) is 1. The predicted molar refractivity (Wildman–Crippen MR) is 57.4 cm³/mol. The van der Waals surface area contributed by atoms with Gasteiger partial charge in [0.05, 0.1) is 4.75 Å². The standard InChI is InChI=1S/C9H15NO3S/c1-6(2)4-9(3,14)7(8(12)13)10-5-11/h4-5,7,14H,1-3H3,(H,10,11)(H,12,13). The van der Waals surface area contributed by atoms with Crippen molar-refractivity contribution in [2.24, 2.45) is 0 Å². The first-order valence-corrected chi connectivity index (χ1v) is 4.57. The largest absolute Gasteiger partial charge is 0.480 e. The van der Waals surface area contributed by atoms with Crippen molar-refractivity contribution in [1.29, 1.82) is 0 Å². The summed E-state index contributed by atoms with van der Waals surface area (Å²) in [6.45, 7) is 5.32. The maximum absolute atomic E-state index is 10.8. The molecule has 0 aliphatic rings. The molecule has 0 radical (unpaired) electrons. The summed E-state index contributed by atoms with van der Waals surface area (Å²) in [6.07, 6.45) is 2.07. The smallest absolute Gasteiger partial charge is 0.327 e. The molecule has 0 aromatic heterocycles. The summed E-state index contributed by atoms with van der Waals surface area (Å²) in [4.78, 5) is 21.0. The van der Waals surface area contributed by atoms with Gasteiger partial charge in [-0.3, -0.25) is 4.79 Å². The van der Waals surface area contributed by atoms with Crippen LogP contribution in [0.3, 0.4) is 0 Å². The minimum atomic E-state index is -1.10. The molecule has 0 aliphatic heterocycles. The average Bonchev–Trinajstić information content (AvgIpc) is 1.96. The molecule has 0 fully saturated rings. The van der Waals surface area contributed by atoms with E-state index in [-0.39, 0.29) is 0 Å². The molecule has 5 heteroatoms.